The molecule has 0 spiro atoms. The van der Waals surface area contributed by atoms with Crippen LogP contribution in [0.3, 0.4) is 0 Å². The fourth-order valence-electron chi connectivity index (χ4n) is 6.47. The van der Waals surface area contributed by atoms with Gasteiger partial charge in [-0.25, -0.2) is 0 Å². The van der Waals surface area contributed by atoms with Crippen molar-refractivity contribution in [2.45, 2.75) is 65.8 Å². The molecular weight excluding hydrogens is 466 g/mol. The number of Topliss-reactive ketones (excluding diaryl/α,β-unsaturated/α-hetero) is 1. The Morgan fingerprint density at radius 1 is 1.11 bits per heavy atom. The quantitative estimate of drug-likeness (QED) is 0.339. The number of nitro groups is 1. The molecular formula is C30H39N3O4. The van der Waals surface area contributed by atoms with Crippen LogP contribution in [0.2, 0.25) is 0 Å². The third kappa shape index (κ3) is 4.83. The van der Waals surface area contributed by atoms with E-state index in [4.69, 9.17) is 4.74 Å². The number of rotatable bonds is 7. The first kappa shape index (κ1) is 26.7. The summed E-state index contributed by atoms with van der Waals surface area (Å²) in [5.74, 6) is 0.764. The highest BCUT2D eigenvalue weighted by Gasteiger charge is 2.51. The average Bonchev–Trinajstić information content (AvgIpc) is 2.83. The van der Waals surface area contributed by atoms with Gasteiger partial charge in [-0.05, 0) is 47.6 Å². The van der Waals surface area contributed by atoms with Gasteiger partial charge < -0.3 is 15.0 Å². The molecule has 2 aromatic rings. The van der Waals surface area contributed by atoms with Gasteiger partial charge in [-0.2, -0.15) is 0 Å². The topological polar surface area (TPSA) is 84.7 Å². The number of methoxy groups -OCH3 is 1. The van der Waals surface area contributed by atoms with Crippen molar-refractivity contribution in [3.05, 3.63) is 75.0 Å². The summed E-state index contributed by atoms with van der Waals surface area (Å²) in [5, 5.41) is 14.9. The fraction of sp³-hybridized carbons (Fsp3) is 0.500. The summed E-state index contributed by atoms with van der Waals surface area (Å²) >= 11 is 0. The molecule has 1 N–H and O–H groups in total. The Balaban J connectivity index is 1.97. The van der Waals surface area contributed by atoms with Crippen molar-refractivity contribution in [2.24, 2.45) is 10.8 Å². The highest BCUT2D eigenvalue weighted by Crippen LogP contribution is 2.60. The largest absolute Gasteiger partial charge is 0.497 e. The Morgan fingerprint density at radius 3 is 2.38 bits per heavy atom. The van der Waals surface area contributed by atoms with E-state index in [0.717, 1.165) is 53.2 Å². The Labute approximate surface area is 220 Å². The molecule has 0 unspecified atom stereocenters. The van der Waals surface area contributed by atoms with E-state index in [1.54, 1.807) is 19.2 Å². The Kier molecular flexibility index (Phi) is 7.10. The van der Waals surface area contributed by atoms with Gasteiger partial charge in [-0.1, -0.05) is 46.8 Å². The summed E-state index contributed by atoms with van der Waals surface area (Å²) in [5.41, 5.74) is 4.54. The van der Waals surface area contributed by atoms with Gasteiger partial charge in [0.05, 0.1) is 18.1 Å². The summed E-state index contributed by atoms with van der Waals surface area (Å²) in [7, 11) is 3.72. The highest BCUT2D eigenvalue weighted by atomic mass is 16.6. The number of ketones is 1. The Hall–Kier alpha value is -3.35. The van der Waals surface area contributed by atoms with Gasteiger partial charge in [0.2, 0.25) is 0 Å². The molecule has 0 saturated carbocycles. The van der Waals surface area contributed by atoms with Crippen molar-refractivity contribution < 1.29 is 14.5 Å². The van der Waals surface area contributed by atoms with E-state index in [9.17, 15) is 14.9 Å². The Bertz CT molecular complexity index is 1230. The number of anilines is 1. The smallest absolute Gasteiger partial charge is 0.269 e. The van der Waals surface area contributed by atoms with Crippen LogP contribution in [0.1, 0.15) is 77.0 Å². The number of benzene rings is 2. The predicted molar refractivity (Wildman–Crippen MR) is 147 cm³/mol. The van der Waals surface area contributed by atoms with Gasteiger partial charge in [0.15, 0.2) is 5.78 Å². The van der Waals surface area contributed by atoms with Gasteiger partial charge in [0.1, 0.15) is 5.75 Å². The lowest BCUT2D eigenvalue weighted by molar-refractivity contribution is -0.384. The molecule has 7 heteroatoms. The molecule has 0 bridgehead atoms. The highest BCUT2D eigenvalue weighted by molar-refractivity contribution is 5.99. The van der Waals surface area contributed by atoms with Gasteiger partial charge in [-0.3, -0.25) is 14.9 Å². The number of carbonyl (C=O) groups is 1. The maximum absolute atomic E-state index is 14.0. The van der Waals surface area contributed by atoms with Crippen LogP contribution in [-0.4, -0.2) is 31.4 Å². The first-order chi connectivity index (χ1) is 17.4. The first-order valence-corrected chi connectivity index (χ1v) is 13.1. The van der Waals surface area contributed by atoms with E-state index >= 15 is 0 Å². The van der Waals surface area contributed by atoms with Crippen LogP contribution >= 0.6 is 0 Å². The minimum atomic E-state index is -0.421. The summed E-state index contributed by atoms with van der Waals surface area (Å²) in [6, 6.07) is 12.8. The molecule has 0 fully saturated rings. The molecule has 2 aromatic carbocycles. The van der Waals surface area contributed by atoms with Crippen molar-refractivity contribution in [1.29, 1.82) is 0 Å². The second-order valence-corrected chi connectivity index (χ2v) is 11.8. The summed E-state index contributed by atoms with van der Waals surface area (Å²) in [6.07, 6.45) is 2.29. The van der Waals surface area contributed by atoms with Gasteiger partial charge >= 0.3 is 0 Å². The second-order valence-electron chi connectivity index (χ2n) is 11.8. The van der Waals surface area contributed by atoms with E-state index in [1.165, 1.54) is 0 Å². The number of hydrogen-bond acceptors (Lipinski definition) is 6. The van der Waals surface area contributed by atoms with Crippen molar-refractivity contribution in [3.63, 3.8) is 0 Å². The molecule has 2 aliphatic rings. The minimum Gasteiger partial charge on any atom is -0.497 e. The third-order valence-corrected chi connectivity index (χ3v) is 7.98. The molecule has 1 aliphatic carbocycles. The van der Waals surface area contributed by atoms with Crippen molar-refractivity contribution in [1.82, 2.24) is 5.32 Å². The molecule has 2 atom stereocenters. The number of fused-ring (bicyclic) bond motifs is 1. The molecule has 37 heavy (non-hydrogen) atoms. The lowest BCUT2D eigenvalue weighted by Crippen LogP contribution is -2.47. The number of nitro benzene ring substituents is 1. The lowest BCUT2D eigenvalue weighted by atomic mass is 9.59. The molecule has 1 heterocycles. The second kappa shape index (κ2) is 9.84. The molecule has 0 aromatic heterocycles. The molecule has 0 radical (unpaired) electrons. The molecule has 7 nitrogen and oxygen atoms in total. The zero-order valence-electron chi connectivity index (χ0n) is 23.1. The number of hydrogen-bond donors (Lipinski definition) is 1. The predicted octanol–water partition coefficient (Wildman–Crippen LogP) is 6.55. The summed E-state index contributed by atoms with van der Waals surface area (Å²) < 4.78 is 5.62. The zero-order chi connectivity index (χ0) is 27.1. The number of ether oxygens (including phenoxy) is 1. The van der Waals surface area contributed by atoms with Crippen LogP contribution < -0.4 is 15.0 Å². The van der Waals surface area contributed by atoms with E-state index in [0.29, 0.717) is 6.42 Å². The van der Waals surface area contributed by atoms with E-state index in [2.05, 4.69) is 64.0 Å². The number of nitrogens with zero attached hydrogens (tertiary/aromatic N) is 2. The molecule has 0 amide bonds. The van der Waals surface area contributed by atoms with Gasteiger partial charge in [0.25, 0.3) is 5.69 Å². The number of allylic oxidation sites excluding steroid dienone is 2. The standard InChI is InChI=1S/C30H39N3O4/c1-8-15-31-23-17-29(2,3)18-25(34)26(23)27-22-16-21(37-7)13-14-24(22)32(6)28(30(27,4)5)19-9-11-20(12-10-19)33(35)36/h9-14,16,27-28,31H,8,15,17-18H2,1-7H3/t27-,28+/m1/s1. The molecule has 0 saturated heterocycles. The number of nitrogens with one attached hydrogen (secondary N) is 1. The fourth-order valence-corrected chi connectivity index (χ4v) is 6.47. The summed E-state index contributed by atoms with van der Waals surface area (Å²) in [4.78, 5) is 27.1. The average molecular weight is 506 g/mol. The maximum atomic E-state index is 14.0. The van der Waals surface area contributed by atoms with Gasteiger partial charge in [0, 0.05) is 60.4 Å². The monoisotopic (exact) mass is 505 g/mol. The lowest BCUT2D eigenvalue weighted by Gasteiger charge is -2.53. The maximum Gasteiger partial charge on any atom is 0.269 e. The number of non-ortho nitro benzene ring substituents is 1. The van der Waals surface area contributed by atoms with Crippen molar-refractivity contribution in [3.8, 4) is 5.75 Å². The van der Waals surface area contributed by atoms with Crippen LogP contribution in [0.5, 0.6) is 5.75 Å². The van der Waals surface area contributed by atoms with Crippen LogP contribution in [-0.2, 0) is 4.79 Å². The molecule has 1 aliphatic heterocycles. The van der Waals surface area contributed by atoms with Crippen molar-refractivity contribution >= 4 is 17.2 Å². The zero-order valence-corrected chi connectivity index (χ0v) is 23.1. The van der Waals surface area contributed by atoms with Crippen LogP contribution in [0.15, 0.2) is 53.7 Å². The number of carbonyl (C=O) groups excluding carboxylic acids is 1. The summed E-state index contributed by atoms with van der Waals surface area (Å²) in [6.45, 7) is 11.7. The van der Waals surface area contributed by atoms with Crippen LogP contribution in [0.4, 0.5) is 11.4 Å². The van der Waals surface area contributed by atoms with E-state index in [1.807, 2.05) is 18.2 Å². The van der Waals surface area contributed by atoms with Crippen LogP contribution in [0.25, 0.3) is 0 Å². The molecule has 198 valence electrons. The SMILES string of the molecule is CCCNC1=C([C@H]2c3cc(OC)ccc3N(C)[C@@H](c3ccc([N+](=O)[O-])cc3)C2(C)C)C(=O)CC(C)(C)C1. The van der Waals surface area contributed by atoms with E-state index < -0.39 is 5.41 Å². The van der Waals surface area contributed by atoms with E-state index in [-0.39, 0.29) is 33.8 Å². The molecule has 4 rings (SSSR count). The van der Waals surface area contributed by atoms with Crippen LogP contribution in [0, 0.1) is 20.9 Å². The van der Waals surface area contributed by atoms with Gasteiger partial charge in [-0.15, -0.1) is 0 Å². The Morgan fingerprint density at radius 2 is 1.78 bits per heavy atom. The third-order valence-electron chi connectivity index (χ3n) is 7.98. The van der Waals surface area contributed by atoms with Crippen molar-refractivity contribution in [2.75, 3.05) is 25.6 Å². The first-order valence-electron chi connectivity index (χ1n) is 13.1. The normalized spacial score (nSPS) is 22.5. The minimum absolute atomic E-state index is 0.0696.